The summed E-state index contributed by atoms with van der Waals surface area (Å²) in [4.78, 5) is 4.20. The molecule has 3 nitrogen and oxygen atoms in total. The van der Waals surface area contributed by atoms with Crippen molar-refractivity contribution in [1.29, 1.82) is 0 Å². The molecule has 3 heteroatoms. The van der Waals surface area contributed by atoms with Gasteiger partial charge in [0.05, 0.1) is 19.0 Å². The van der Waals surface area contributed by atoms with Crippen LogP contribution in [0.15, 0.2) is 48.7 Å². The first-order valence-electron chi connectivity index (χ1n) is 6.66. The molecule has 0 saturated heterocycles. The van der Waals surface area contributed by atoms with Gasteiger partial charge in [-0.1, -0.05) is 30.3 Å². The molecule has 2 aromatic rings. The molecule has 0 atom stereocenters. The standard InChI is InChI=1S/C16H18N2O/c1-19-16-8-7-14(11-17-16)18-15-9-13(10-15)12-5-3-2-4-6-12/h2-8,11,13,15,18H,9-10H2,1H3. The summed E-state index contributed by atoms with van der Waals surface area (Å²) in [6, 6.07) is 15.2. The van der Waals surface area contributed by atoms with Gasteiger partial charge in [-0.25, -0.2) is 4.98 Å². The molecule has 0 radical (unpaired) electrons. The Morgan fingerprint density at radius 2 is 1.89 bits per heavy atom. The van der Waals surface area contributed by atoms with Crippen LogP contribution >= 0.6 is 0 Å². The number of anilines is 1. The van der Waals surface area contributed by atoms with Crippen molar-refractivity contribution in [3.05, 3.63) is 54.2 Å². The van der Waals surface area contributed by atoms with Gasteiger partial charge in [-0.05, 0) is 30.4 Å². The lowest BCUT2D eigenvalue weighted by atomic mass is 9.76. The normalized spacial score (nSPS) is 21.5. The highest BCUT2D eigenvalue weighted by atomic mass is 16.5. The summed E-state index contributed by atoms with van der Waals surface area (Å²) in [6.07, 6.45) is 4.21. The van der Waals surface area contributed by atoms with Gasteiger partial charge in [0.25, 0.3) is 0 Å². The van der Waals surface area contributed by atoms with Crippen LogP contribution in [-0.4, -0.2) is 18.1 Å². The molecule has 1 aliphatic carbocycles. The van der Waals surface area contributed by atoms with Crippen molar-refractivity contribution in [2.75, 3.05) is 12.4 Å². The third-order valence-electron chi connectivity index (χ3n) is 3.73. The Kier molecular flexibility index (Phi) is 3.36. The number of pyridine rings is 1. The van der Waals surface area contributed by atoms with Crippen LogP contribution in [0.1, 0.15) is 24.3 Å². The average molecular weight is 254 g/mol. The Morgan fingerprint density at radius 3 is 2.53 bits per heavy atom. The van der Waals surface area contributed by atoms with Crippen LogP contribution in [0, 0.1) is 0 Å². The largest absolute Gasteiger partial charge is 0.481 e. The minimum Gasteiger partial charge on any atom is -0.481 e. The highest BCUT2D eigenvalue weighted by Crippen LogP contribution is 2.38. The lowest BCUT2D eigenvalue weighted by Gasteiger charge is -2.36. The third-order valence-corrected chi connectivity index (χ3v) is 3.73. The van der Waals surface area contributed by atoms with Crippen LogP contribution in [0.25, 0.3) is 0 Å². The number of rotatable bonds is 4. The Bertz CT molecular complexity index is 518. The third kappa shape index (κ3) is 2.70. The van der Waals surface area contributed by atoms with E-state index in [2.05, 4.69) is 40.6 Å². The van der Waals surface area contributed by atoms with Crippen LogP contribution in [0.2, 0.25) is 0 Å². The topological polar surface area (TPSA) is 34.1 Å². The first kappa shape index (κ1) is 12.0. The van der Waals surface area contributed by atoms with Crippen LogP contribution in [0.3, 0.4) is 0 Å². The van der Waals surface area contributed by atoms with E-state index in [1.807, 2.05) is 18.3 Å². The molecule has 0 amide bonds. The monoisotopic (exact) mass is 254 g/mol. The number of nitrogens with zero attached hydrogens (tertiary/aromatic N) is 1. The van der Waals surface area contributed by atoms with Crippen molar-refractivity contribution in [1.82, 2.24) is 4.98 Å². The molecular formula is C16H18N2O. The zero-order valence-corrected chi connectivity index (χ0v) is 11.0. The van der Waals surface area contributed by atoms with Crippen molar-refractivity contribution < 1.29 is 4.74 Å². The molecule has 3 rings (SSSR count). The molecule has 1 fully saturated rings. The van der Waals surface area contributed by atoms with Crippen molar-refractivity contribution in [2.24, 2.45) is 0 Å². The van der Waals surface area contributed by atoms with Crippen molar-refractivity contribution in [2.45, 2.75) is 24.8 Å². The molecule has 19 heavy (non-hydrogen) atoms. The number of hydrogen-bond donors (Lipinski definition) is 1. The van der Waals surface area contributed by atoms with E-state index in [0.29, 0.717) is 17.8 Å². The minimum atomic E-state index is 0.556. The maximum Gasteiger partial charge on any atom is 0.213 e. The Hall–Kier alpha value is -2.03. The number of hydrogen-bond acceptors (Lipinski definition) is 3. The number of aromatic nitrogens is 1. The first-order valence-corrected chi connectivity index (χ1v) is 6.66. The smallest absolute Gasteiger partial charge is 0.213 e. The molecular weight excluding hydrogens is 236 g/mol. The van der Waals surface area contributed by atoms with Crippen molar-refractivity contribution >= 4 is 5.69 Å². The zero-order valence-electron chi connectivity index (χ0n) is 11.0. The lowest BCUT2D eigenvalue weighted by Crippen LogP contribution is -2.33. The molecule has 1 aromatic heterocycles. The molecule has 1 saturated carbocycles. The van der Waals surface area contributed by atoms with Crippen LogP contribution in [0.5, 0.6) is 5.88 Å². The highest BCUT2D eigenvalue weighted by Gasteiger charge is 2.29. The fourth-order valence-corrected chi connectivity index (χ4v) is 2.56. The quantitative estimate of drug-likeness (QED) is 0.907. The van der Waals surface area contributed by atoms with E-state index < -0.39 is 0 Å². The molecule has 0 unspecified atom stereocenters. The van der Waals surface area contributed by atoms with Crippen LogP contribution in [0.4, 0.5) is 5.69 Å². The second-order valence-corrected chi connectivity index (χ2v) is 5.01. The molecule has 98 valence electrons. The van der Waals surface area contributed by atoms with Gasteiger partial charge in [-0.15, -0.1) is 0 Å². The minimum absolute atomic E-state index is 0.556. The summed E-state index contributed by atoms with van der Waals surface area (Å²) in [6.45, 7) is 0. The summed E-state index contributed by atoms with van der Waals surface area (Å²) in [7, 11) is 1.63. The zero-order chi connectivity index (χ0) is 13.1. The molecule has 0 spiro atoms. The summed E-state index contributed by atoms with van der Waals surface area (Å²) >= 11 is 0. The van der Waals surface area contributed by atoms with E-state index in [-0.39, 0.29) is 0 Å². The van der Waals surface area contributed by atoms with E-state index in [1.165, 1.54) is 18.4 Å². The molecule has 0 bridgehead atoms. The van der Waals surface area contributed by atoms with E-state index in [4.69, 9.17) is 4.74 Å². The predicted molar refractivity (Wildman–Crippen MR) is 76.6 cm³/mol. The second-order valence-electron chi connectivity index (χ2n) is 5.01. The average Bonchev–Trinajstić information content (AvgIpc) is 2.44. The number of nitrogens with one attached hydrogen (secondary N) is 1. The fraction of sp³-hybridized carbons (Fsp3) is 0.312. The van der Waals surface area contributed by atoms with Gasteiger partial charge in [-0.2, -0.15) is 0 Å². The summed E-state index contributed by atoms with van der Waals surface area (Å²) < 4.78 is 5.05. The van der Waals surface area contributed by atoms with Crippen molar-refractivity contribution in [3.63, 3.8) is 0 Å². The number of methoxy groups -OCH3 is 1. The Morgan fingerprint density at radius 1 is 1.11 bits per heavy atom. The Labute approximate surface area is 113 Å². The van der Waals surface area contributed by atoms with Gasteiger partial charge in [0.1, 0.15) is 0 Å². The van der Waals surface area contributed by atoms with Gasteiger partial charge < -0.3 is 10.1 Å². The van der Waals surface area contributed by atoms with E-state index >= 15 is 0 Å². The number of benzene rings is 1. The maximum atomic E-state index is 5.05. The fourth-order valence-electron chi connectivity index (χ4n) is 2.56. The van der Waals surface area contributed by atoms with E-state index in [0.717, 1.165) is 5.69 Å². The van der Waals surface area contributed by atoms with Crippen LogP contribution in [-0.2, 0) is 0 Å². The maximum absolute atomic E-state index is 5.05. The molecule has 1 aromatic carbocycles. The van der Waals surface area contributed by atoms with Crippen LogP contribution < -0.4 is 10.1 Å². The van der Waals surface area contributed by atoms with Gasteiger partial charge in [0.15, 0.2) is 0 Å². The first-order chi connectivity index (χ1) is 9.35. The SMILES string of the molecule is COc1ccc(NC2CC(c3ccccc3)C2)cn1. The highest BCUT2D eigenvalue weighted by molar-refractivity contribution is 5.44. The summed E-state index contributed by atoms with van der Waals surface area (Å²) in [5.74, 6) is 1.35. The van der Waals surface area contributed by atoms with E-state index in [9.17, 15) is 0 Å². The molecule has 1 heterocycles. The molecule has 1 aliphatic rings. The second kappa shape index (κ2) is 5.31. The lowest BCUT2D eigenvalue weighted by molar-refractivity contribution is 0.373. The summed E-state index contributed by atoms with van der Waals surface area (Å²) in [5, 5.41) is 3.51. The van der Waals surface area contributed by atoms with Gasteiger partial charge in [0.2, 0.25) is 5.88 Å². The molecule has 0 aliphatic heterocycles. The predicted octanol–water partition coefficient (Wildman–Crippen LogP) is 3.45. The van der Waals surface area contributed by atoms with E-state index in [1.54, 1.807) is 7.11 Å². The van der Waals surface area contributed by atoms with Gasteiger partial charge >= 0.3 is 0 Å². The van der Waals surface area contributed by atoms with Crippen molar-refractivity contribution in [3.8, 4) is 5.88 Å². The summed E-state index contributed by atoms with van der Waals surface area (Å²) in [5.41, 5.74) is 2.52. The van der Waals surface area contributed by atoms with Gasteiger partial charge in [0, 0.05) is 12.1 Å². The van der Waals surface area contributed by atoms with Gasteiger partial charge in [-0.3, -0.25) is 0 Å². The molecule has 1 N–H and O–H groups in total. The number of ether oxygens (including phenoxy) is 1. The Balaban J connectivity index is 1.53.